The molecule has 6 nitrogen and oxygen atoms in total. The third-order valence-electron chi connectivity index (χ3n) is 7.23. The maximum Gasteiger partial charge on any atom is 0.338 e. The lowest BCUT2D eigenvalue weighted by atomic mass is 9.93. The highest BCUT2D eigenvalue weighted by molar-refractivity contribution is 8.16. The number of amidine groups is 1. The molecule has 1 aromatic carbocycles. The molecule has 2 bridgehead atoms. The summed E-state index contributed by atoms with van der Waals surface area (Å²) in [4.78, 5) is 32.5. The van der Waals surface area contributed by atoms with Crippen LogP contribution in [-0.2, 0) is 14.3 Å². The van der Waals surface area contributed by atoms with Crippen LogP contribution in [-0.4, -0.2) is 35.1 Å². The summed E-state index contributed by atoms with van der Waals surface area (Å²) in [6, 6.07) is 8.10. The Morgan fingerprint density at radius 2 is 1.97 bits per heavy atom. The summed E-state index contributed by atoms with van der Waals surface area (Å²) in [6.07, 6.45) is 5.19. The molecule has 168 valence electrons. The lowest BCUT2D eigenvalue weighted by Crippen LogP contribution is -2.41. The Morgan fingerprint density at radius 1 is 1.19 bits per heavy atom. The average molecular weight is 452 g/mol. The second kappa shape index (κ2) is 8.43. The summed E-state index contributed by atoms with van der Waals surface area (Å²) in [5.74, 6) is 1.08. The number of nitrogens with one attached hydrogen (secondary N) is 1. The van der Waals surface area contributed by atoms with Gasteiger partial charge in [0.15, 0.2) is 5.17 Å². The first-order chi connectivity index (χ1) is 15.4. The van der Waals surface area contributed by atoms with Crippen molar-refractivity contribution in [1.82, 2.24) is 10.2 Å². The van der Waals surface area contributed by atoms with Gasteiger partial charge in [0.05, 0.1) is 30.8 Å². The van der Waals surface area contributed by atoms with Crippen LogP contribution in [0.1, 0.15) is 56.2 Å². The average Bonchev–Trinajstić information content (AvgIpc) is 3.49. The number of carbonyl (C=O) groups is 2. The number of aliphatic imine (C=N–C) groups is 1. The zero-order valence-corrected chi connectivity index (χ0v) is 19.6. The number of hydrogen-bond donors (Lipinski definition) is 1. The van der Waals surface area contributed by atoms with Crippen molar-refractivity contribution in [2.24, 2.45) is 16.8 Å². The van der Waals surface area contributed by atoms with E-state index in [9.17, 15) is 9.59 Å². The van der Waals surface area contributed by atoms with E-state index in [2.05, 4.69) is 10.3 Å². The van der Waals surface area contributed by atoms with E-state index < -0.39 is 5.97 Å². The molecule has 0 spiro atoms. The molecular formula is C25H29N3O3S. The zero-order chi connectivity index (χ0) is 22.4. The molecule has 1 amide bonds. The molecule has 4 aliphatic rings. The van der Waals surface area contributed by atoms with E-state index in [-0.39, 0.29) is 18.4 Å². The molecule has 2 aliphatic heterocycles. The number of ether oxygens (including phenoxy) is 1. The van der Waals surface area contributed by atoms with Crippen LogP contribution < -0.4 is 5.32 Å². The number of carbonyl (C=O) groups excluding carboxylic acids is 2. The molecule has 0 radical (unpaired) electrons. The van der Waals surface area contributed by atoms with Gasteiger partial charge in [-0.2, -0.15) is 0 Å². The molecule has 2 heterocycles. The first-order valence-electron chi connectivity index (χ1n) is 11.3. The van der Waals surface area contributed by atoms with E-state index in [1.165, 1.54) is 38.1 Å². The number of hydrogen-bond acceptors (Lipinski definition) is 6. The van der Waals surface area contributed by atoms with Gasteiger partial charge >= 0.3 is 5.97 Å². The summed E-state index contributed by atoms with van der Waals surface area (Å²) >= 11 is 1.51. The van der Waals surface area contributed by atoms with Crippen molar-refractivity contribution >= 4 is 28.8 Å². The number of amides is 1. The number of rotatable bonds is 5. The van der Waals surface area contributed by atoms with Gasteiger partial charge < -0.3 is 15.0 Å². The lowest BCUT2D eigenvalue weighted by molar-refractivity contribution is -0.136. The van der Waals surface area contributed by atoms with Crippen LogP contribution >= 0.6 is 11.8 Å². The maximum atomic E-state index is 13.0. The minimum Gasteiger partial charge on any atom is -0.466 e. The highest BCUT2D eigenvalue weighted by Gasteiger charge is 2.42. The smallest absolute Gasteiger partial charge is 0.338 e. The van der Waals surface area contributed by atoms with Crippen LogP contribution in [0.5, 0.6) is 0 Å². The Kier molecular flexibility index (Phi) is 5.61. The number of nitrogens with zero attached hydrogens (tertiary/aromatic N) is 2. The number of thioether (sulfide) groups is 1. The van der Waals surface area contributed by atoms with Gasteiger partial charge in [-0.1, -0.05) is 48.0 Å². The van der Waals surface area contributed by atoms with E-state index in [1.807, 2.05) is 48.4 Å². The fourth-order valence-electron chi connectivity index (χ4n) is 5.65. The van der Waals surface area contributed by atoms with Crippen molar-refractivity contribution in [3.8, 4) is 0 Å². The predicted octanol–water partition coefficient (Wildman–Crippen LogP) is 4.44. The first kappa shape index (κ1) is 21.3. The Labute approximate surface area is 193 Å². The second-order valence-corrected chi connectivity index (χ2v) is 10.2. The minimum absolute atomic E-state index is 0.0456. The van der Waals surface area contributed by atoms with Crippen molar-refractivity contribution in [2.75, 3.05) is 7.11 Å². The number of benzene rings is 1. The quantitative estimate of drug-likeness (QED) is 0.671. The number of aryl methyl sites for hydroxylation is 1. The molecule has 4 atom stereocenters. The summed E-state index contributed by atoms with van der Waals surface area (Å²) in [7, 11) is 1.40. The first-order valence-corrected chi connectivity index (χ1v) is 12.2. The molecule has 2 fully saturated rings. The fraction of sp³-hybridized carbons (Fsp3) is 0.480. The molecule has 32 heavy (non-hydrogen) atoms. The zero-order valence-electron chi connectivity index (χ0n) is 18.8. The van der Waals surface area contributed by atoms with Crippen LogP contribution in [0.3, 0.4) is 0 Å². The molecule has 0 aromatic heterocycles. The topological polar surface area (TPSA) is 71.0 Å². The number of fused-ring (bicyclic) bond motifs is 3. The summed E-state index contributed by atoms with van der Waals surface area (Å²) < 4.78 is 5.12. The molecule has 0 saturated heterocycles. The van der Waals surface area contributed by atoms with E-state index in [4.69, 9.17) is 4.74 Å². The molecule has 4 unspecified atom stereocenters. The second-order valence-electron chi connectivity index (χ2n) is 9.32. The molecular weight excluding hydrogens is 422 g/mol. The van der Waals surface area contributed by atoms with Gasteiger partial charge in [0, 0.05) is 11.7 Å². The van der Waals surface area contributed by atoms with Crippen molar-refractivity contribution in [1.29, 1.82) is 0 Å². The molecule has 7 heteroatoms. The number of esters is 1. The van der Waals surface area contributed by atoms with Crippen LogP contribution in [0, 0.1) is 18.8 Å². The van der Waals surface area contributed by atoms with Crippen molar-refractivity contribution in [2.45, 2.75) is 58.0 Å². The van der Waals surface area contributed by atoms with Crippen molar-refractivity contribution in [3.05, 3.63) is 57.8 Å². The Morgan fingerprint density at radius 3 is 2.62 bits per heavy atom. The standard InChI is InChI=1S/C25H29N3O3S/c1-14-4-7-17(8-5-14)23-22(24(30)31-3)15(2)26-25-28(23)19(13-32-25)12-21(29)27-20-11-16-6-9-18(20)10-16/h4-5,7-8,13,16,18,20,23H,6,9-12H2,1-3H3,(H,27,29). The Bertz CT molecular complexity index is 1040. The van der Waals surface area contributed by atoms with E-state index >= 15 is 0 Å². The molecule has 2 saturated carbocycles. The molecule has 5 rings (SSSR count). The third-order valence-corrected chi connectivity index (χ3v) is 8.11. The minimum atomic E-state index is -0.390. The van der Waals surface area contributed by atoms with Gasteiger partial charge in [-0.05, 0) is 55.9 Å². The fourth-order valence-corrected chi connectivity index (χ4v) is 6.61. The van der Waals surface area contributed by atoms with Gasteiger partial charge in [0.25, 0.3) is 0 Å². The Hall–Kier alpha value is -2.54. The van der Waals surface area contributed by atoms with Crippen LogP contribution in [0.4, 0.5) is 0 Å². The monoisotopic (exact) mass is 451 g/mol. The third kappa shape index (κ3) is 3.76. The van der Waals surface area contributed by atoms with Gasteiger partial charge in [0.1, 0.15) is 0 Å². The lowest BCUT2D eigenvalue weighted by Gasteiger charge is -2.36. The SMILES string of the molecule is COC(=O)C1=C(C)N=C2SC=C(CC(=O)NC3CC4CCC3C4)N2C1c1ccc(C)cc1. The van der Waals surface area contributed by atoms with Gasteiger partial charge in [-0.3, -0.25) is 4.79 Å². The van der Waals surface area contributed by atoms with E-state index in [0.29, 0.717) is 23.2 Å². The normalized spacial score (nSPS) is 28.4. The largest absolute Gasteiger partial charge is 0.466 e. The molecule has 1 N–H and O–H groups in total. The number of methoxy groups -OCH3 is 1. The maximum absolute atomic E-state index is 13.0. The predicted molar refractivity (Wildman–Crippen MR) is 126 cm³/mol. The van der Waals surface area contributed by atoms with Gasteiger partial charge in [-0.15, -0.1) is 0 Å². The van der Waals surface area contributed by atoms with Crippen LogP contribution in [0.2, 0.25) is 0 Å². The van der Waals surface area contributed by atoms with Crippen molar-refractivity contribution in [3.63, 3.8) is 0 Å². The van der Waals surface area contributed by atoms with Gasteiger partial charge in [0.2, 0.25) is 5.91 Å². The molecule has 1 aromatic rings. The number of allylic oxidation sites excluding steroid dienone is 1. The van der Waals surface area contributed by atoms with Crippen LogP contribution in [0.25, 0.3) is 0 Å². The summed E-state index contributed by atoms with van der Waals surface area (Å²) in [5, 5.41) is 6.08. The van der Waals surface area contributed by atoms with Crippen molar-refractivity contribution < 1.29 is 14.3 Å². The van der Waals surface area contributed by atoms with E-state index in [1.54, 1.807) is 0 Å². The molecule has 2 aliphatic carbocycles. The van der Waals surface area contributed by atoms with Crippen LogP contribution in [0.15, 0.2) is 51.6 Å². The highest BCUT2D eigenvalue weighted by atomic mass is 32.2. The van der Waals surface area contributed by atoms with Gasteiger partial charge in [-0.25, -0.2) is 9.79 Å². The van der Waals surface area contributed by atoms with E-state index in [0.717, 1.165) is 34.3 Å². The highest BCUT2D eigenvalue weighted by Crippen LogP contribution is 2.46. The summed E-state index contributed by atoms with van der Waals surface area (Å²) in [5.41, 5.74) is 4.17. The Balaban J connectivity index is 1.41. The summed E-state index contributed by atoms with van der Waals surface area (Å²) in [6.45, 7) is 3.88.